The molecule has 1 aliphatic heterocycles. The molecule has 1 heterocycles. The van der Waals surface area contributed by atoms with E-state index < -0.39 is 5.91 Å². The van der Waals surface area contributed by atoms with E-state index in [9.17, 15) is 14.9 Å². The van der Waals surface area contributed by atoms with E-state index in [1.54, 1.807) is 18.2 Å². The second-order valence-electron chi connectivity index (χ2n) is 5.85. The summed E-state index contributed by atoms with van der Waals surface area (Å²) < 4.78 is 0. The highest BCUT2D eigenvalue weighted by molar-refractivity contribution is 8.04. The molecular weight excluding hydrogens is 346 g/mol. The molecule has 0 bridgehead atoms. The lowest BCUT2D eigenvalue weighted by atomic mass is 10.1. The Hall–Kier alpha value is -3.04. The Morgan fingerprint density at radius 2 is 1.88 bits per heavy atom. The van der Waals surface area contributed by atoms with Gasteiger partial charge in [-0.3, -0.25) is 14.5 Å². The van der Waals surface area contributed by atoms with Gasteiger partial charge in [0.15, 0.2) is 0 Å². The Bertz CT molecular complexity index is 945. The minimum atomic E-state index is -0.515. The number of nitriles is 1. The highest BCUT2D eigenvalue weighted by Gasteiger charge is 2.33. The molecule has 130 valence electrons. The first-order chi connectivity index (χ1) is 12.5. The van der Waals surface area contributed by atoms with E-state index >= 15 is 0 Å². The Morgan fingerprint density at radius 1 is 1.15 bits per heavy atom. The van der Waals surface area contributed by atoms with Gasteiger partial charge in [0.05, 0.1) is 5.75 Å². The van der Waals surface area contributed by atoms with Gasteiger partial charge in [-0.25, -0.2) is 0 Å². The summed E-state index contributed by atoms with van der Waals surface area (Å²) in [5, 5.41) is 12.8. The number of carbonyl (C=O) groups is 2. The van der Waals surface area contributed by atoms with Gasteiger partial charge in [0.1, 0.15) is 16.7 Å². The zero-order valence-corrected chi connectivity index (χ0v) is 15.3. The molecule has 0 radical (unpaired) electrons. The zero-order valence-electron chi connectivity index (χ0n) is 14.4. The summed E-state index contributed by atoms with van der Waals surface area (Å²) in [6.07, 6.45) is 0. The fourth-order valence-corrected chi connectivity index (χ4v) is 3.67. The highest BCUT2D eigenvalue weighted by atomic mass is 32.2. The Morgan fingerprint density at radius 3 is 2.58 bits per heavy atom. The van der Waals surface area contributed by atoms with E-state index in [4.69, 9.17) is 0 Å². The normalized spacial score (nSPS) is 15.6. The van der Waals surface area contributed by atoms with Crippen molar-refractivity contribution in [2.24, 2.45) is 0 Å². The molecule has 2 amide bonds. The van der Waals surface area contributed by atoms with Gasteiger partial charge in [-0.2, -0.15) is 5.26 Å². The number of anilines is 2. The van der Waals surface area contributed by atoms with Gasteiger partial charge in [-0.15, -0.1) is 0 Å². The molecule has 5 nitrogen and oxygen atoms in total. The first-order valence-corrected chi connectivity index (χ1v) is 9.04. The third-order valence-electron chi connectivity index (χ3n) is 4.20. The summed E-state index contributed by atoms with van der Waals surface area (Å²) in [6, 6.07) is 16.6. The minimum Gasteiger partial charge on any atom is -0.321 e. The predicted octanol–water partition coefficient (Wildman–Crippen LogP) is 3.76. The van der Waals surface area contributed by atoms with E-state index in [-0.39, 0.29) is 17.2 Å². The molecule has 0 spiro atoms. The number of carbonyl (C=O) groups excluding carboxylic acids is 2. The van der Waals surface area contributed by atoms with Gasteiger partial charge < -0.3 is 5.32 Å². The van der Waals surface area contributed by atoms with Crippen molar-refractivity contribution in [3.8, 4) is 6.07 Å². The monoisotopic (exact) mass is 363 g/mol. The van der Waals surface area contributed by atoms with Gasteiger partial charge in [-0.1, -0.05) is 42.1 Å². The fraction of sp³-hybridized carbons (Fsp3) is 0.150. The number of nitrogens with zero attached hydrogens (tertiary/aromatic N) is 2. The summed E-state index contributed by atoms with van der Waals surface area (Å²) in [6.45, 7) is 3.87. The number of nitrogens with one attached hydrogen (secondary N) is 1. The van der Waals surface area contributed by atoms with E-state index in [2.05, 4.69) is 5.32 Å². The van der Waals surface area contributed by atoms with Crippen LogP contribution in [0.25, 0.3) is 0 Å². The molecule has 6 heteroatoms. The largest absolute Gasteiger partial charge is 0.321 e. The van der Waals surface area contributed by atoms with Crippen LogP contribution in [0.5, 0.6) is 0 Å². The molecule has 1 N–H and O–H groups in total. The second-order valence-corrected chi connectivity index (χ2v) is 6.81. The molecule has 1 aliphatic rings. The zero-order chi connectivity index (χ0) is 18.7. The maximum Gasteiger partial charge on any atom is 0.269 e. The smallest absolute Gasteiger partial charge is 0.269 e. The van der Waals surface area contributed by atoms with Gasteiger partial charge in [0.25, 0.3) is 5.91 Å². The summed E-state index contributed by atoms with van der Waals surface area (Å²) in [4.78, 5) is 26.5. The highest BCUT2D eigenvalue weighted by Crippen LogP contribution is 2.36. The molecule has 0 aliphatic carbocycles. The van der Waals surface area contributed by atoms with E-state index in [1.807, 2.05) is 50.2 Å². The SMILES string of the molecule is Cc1cccc(NC(=O)C(C#N)=C2SCC(=O)N2c2ccccc2)c1C. The average Bonchev–Trinajstić information content (AvgIpc) is 3.01. The first-order valence-electron chi connectivity index (χ1n) is 8.05. The Kier molecular flexibility index (Phi) is 5.10. The maximum absolute atomic E-state index is 12.7. The molecule has 2 aromatic rings. The molecule has 3 rings (SSSR count). The Balaban J connectivity index is 1.98. The summed E-state index contributed by atoms with van der Waals surface area (Å²) >= 11 is 1.21. The van der Waals surface area contributed by atoms with Gasteiger partial charge in [0, 0.05) is 11.4 Å². The lowest BCUT2D eigenvalue weighted by molar-refractivity contribution is -0.115. The van der Waals surface area contributed by atoms with Gasteiger partial charge in [-0.05, 0) is 43.2 Å². The van der Waals surface area contributed by atoms with Crippen LogP contribution in [0.4, 0.5) is 11.4 Å². The number of benzene rings is 2. The van der Waals surface area contributed by atoms with Crippen LogP contribution in [-0.4, -0.2) is 17.6 Å². The number of aryl methyl sites for hydroxylation is 1. The van der Waals surface area contributed by atoms with Crippen LogP contribution < -0.4 is 10.2 Å². The third kappa shape index (κ3) is 3.35. The summed E-state index contributed by atoms with van der Waals surface area (Å²) in [5.74, 6) is -0.464. The summed E-state index contributed by atoms with van der Waals surface area (Å²) in [7, 11) is 0. The number of rotatable bonds is 3. The molecule has 0 aromatic heterocycles. The van der Waals surface area contributed by atoms with Crippen molar-refractivity contribution in [2.75, 3.05) is 16.0 Å². The van der Waals surface area contributed by atoms with Crippen molar-refractivity contribution in [3.63, 3.8) is 0 Å². The summed E-state index contributed by atoms with van der Waals surface area (Å²) in [5.41, 5.74) is 3.22. The quantitative estimate of drug-likeness (QED) is 0.666. The van der Waals surface area contributed by atoms with Crippen LogP contribution >= 0.6 is 11.8 Å². The molecule has 1 fully saturated rings. The maximum atomic E-state index is 12.7. The molecule has 26 heavy (non-hydrogen) atoms. The molecular formula is C20H17N3O2S. The lowest BCUT2D eigenvalue weighted by Crippen LogP contribution is -2.27. The van der Waals surface area contributed by atoms with Gasteiger partial charge in [0.2, 0.25) is 5.91 Å². The molecule has 2 aromatic carbocycles. The third-order valence-corrected chi connectivity index (χ3v) is 5.26. The van der Waals surface area contributed by atoms with E-state index in [0.717, 1.165) is 11.1 Å². The van der Waals surface area contributed by atoms with Crippen LogP contribution in [0.15, 0.2) is 59.1 Å². The second kappa shape index (κ2) is 7.46. The standard InChI is InChI=1S/C20H17N3O2S/c1-13-7-6-10-17(14(13)2)22-19(25)16(11-21)20-23(18(24)12-26-20)15-8-4-3-5-9-15/h3-10H,12H2,1-2H3,(H,22,25). The number of thioether (sulfide) groups is 1. The van der Waals surface area contributed by atoms with Crippen molar-refractivity contribution in [3.05, 3.63) is 70.3 Å². The lowest BCUT2D eigenvalue weighted by Gasteiger charge is -2.18. The van der Waals surface area contributed by atoms with Crippen molar-refractivity contribution in [1.82, 2.24) is 0 Å². The molecule has 0 saturated carbocycles. The van der Waals surface area contributed by atoms with Crippen LogP contribution in [0.3, 0.4) is 0 Å². The van der Waals surface area contributed by atoms with E-state index in [0.29, 0.717) is 16.4 Å². The number of hydrogen-bond donors (Lipinski definition) is 1. The first kappa shape index (κ1) is 17.8. The number of amides is 2. The predicted molar refractivity (Wildman–Crippen MR) is 104 cm³/mol. The van der Waals surface area contributed by atoms with E-state index in [1.165, 1.54) is 16.7 Å². The molecule has 0 unspecified atom stereocenters. The van der Waals surface area contributed by atoms with Crippen LogP contribution in [0, 0.1) is 25.2 Å². The number of para-hydroxylation sites is 1. The van der Waals surface area contributed by atoms with Gasteiger partial charge >= 0.3 is 0 Å². The van der Waals surface area contributed by atoms with Crippen LogP contribution in [0.2, 0.25) is 0 Å². The Labute approximate surface area is 156 Å². The average molecular weight is 363 g/mol. The molecule has 0 atom stereocenters. The topological polar surface area (TPSA) is 73.2 Å². The van der Waals surface area contributed by atoms with Crippen molar-refractivity contribution in [1.29, 1.82) is 5.26 Å². The van der Waals surface area contributed by atoms with Crippen molar-refractivity contribution >= 4 is 35.0 Å². The van der Waals surface area contributed by atoms with Crippen LogP contribution in [0.1, 0.15) is 11.1 Å². The minimum absolute atomic E-state index is 0.0643. The number of hydrogen-bond acceptors (Lipinski definition) is 4. The fourth-order valence-electron chi connectivity index (χ4n) is 2.66. The molecule has 1 saturated heterocycles. The van der Waals surface area contributed by atoms with Crippen molar-refractivity contribution < 1.29 is 9.59 Å². The van der Waals surface area contributed by atoms with Crippen LogP contribution in [-0.2, 0) is 9.59 Å². The van der Waals surface area contributed by atoms with Crippen molar-refractivity contribution in [2.45, 2.75) is 13.8 Å².